The van der Waals surface area contributed by atoms with Gasteiger partial charge in [0, 0.05) is 57.5 Å². The van der Waals surface area contributed by atoms with Gasteiger partial charge in [-0.3, -0.25) is 9.69 Å². The first-order valence-corrected chi connectivity index (χ1v) is 15.1. The number of piperidine rings is 2. The molecule has 8 nitrogen and oxygen atoms in total. The van der Waals surface area contributed by atoms with Crippen LogP contribution in [-0.2, 0) is 11.3 Å². The van der Waals surface area contributed by atoms with Crippen LogP contribution in [0.5, 0.6) is 0 Å². The molecule has 1 amide bonds. The van der Waals surface area contributed by atoms with E-state index >= 15 is 8.78 Å². The first-order valence-electron chi connectivity index (χ1n) is 15.1. The molecule has 41 heavy (non-hydrogen) atoms. The zero-order chi connectivity index (χ0) is 29.2. The predicted molar refractivity (Wildman–Crippen MR) is 159 cm³/mol. The highest BCUT2D eigenvalue weighted by Crippen LogP contribution is 2.34. The number of carbonyl (C=O) groups is 1. The van der Waals surface area contributed by atoms with Crippen molar-refractivity contribution in [1.29, 1.82) is 0 Å². The van der Waals surface area contributed by atoms with Gasteiger partial charge < -0.3 is 20.0 Å². The van der Waals surface area contributed by atoms with E-state index in [4.69, 9.17) is 0 Å². The molecule has 0 atom stereocenters. The summed E-state index contributed by atoms with van der Waals surface area (Å²) < 4.78 is 30.7. The van der Waals surface area contributed by atoms with Crippen LogP contribution in [0.25, 0.3) is 0 Å². The van der Waals surface area contributed by atoms with Crippen LogP contribution >= 0.6 is 0 Å². The summed E-state index contributed by atoms with van der Waals surface area (Å²) in [6.07, 6.45) is 7.30. The van der Waals surface area contributed by atoms with E-state index in [0.29, 0.717) is 50.0 Å². The highest BCUT2D eigenvalue weighted by atomic mass is 19.1. The van der Waals surface area contributed by atoms with E-state index in [2.05, 4.69) is 50.8 Å². The van der Waals surface area contributed by atoms with Gasteiger partial charge >= 0.3 is 0 Å². The molecule has 0 unspecified atom stereocenters. The Morgan fingerprint density at radius 3 is 2.41 bits per heavy atom. The normalized spacial score (nSPS) is 20.8. The van der Waals surface area contributed by atoms with Crippen molar-refractivity contribution in [2.45, 2.75) is 71.4 Å². The Balaban J connectivity index is 1.24. The minimum Gasteiger partial charge on any atom is -0.360 e. The molecule has 5 rings (SSSR count). The molecule has 0 radical (unpaired) electrons. The second-order valence-electron chi connectivity index (χ2n) is 13.0. The van der Waals surface area contributed by atoms with E-state index in [0.717, 1.165) is 57.0 Å². The third-order valence-corrected chi connectivity index (χ3v) is 9.21. The van der Waals surface area contributed by atoms with Crippen molar-refractivity contribution >= 4 is 23.2 Å². The van der Waals surface area contributed by atoms with Crippen LogP contribution in [0, 0.1) is 17.0 Å². The number of nitrogens with zero attached hydrogens (tertiary/aromatic N) is 6. The molecule has 4 heterocycles. The van der Waals surface area contributed by atoms with E-state index in [1.807, 2.05) is 13.1 Å². The van der Waals surface area contributed by atoms with Crippen molar-refractivity contribution in [2.75, 3.05) is 67.6 Å². The van der Waals surface area contributed by atoms with Crippen LogP contribution in [0.3, 0.4) is 0 Å². The van der Waals surface area contributed by atoms with Crippen LogP contribution in [0.2, 0.25) is 0 Å². The number of nitrogens with one attached hydrogen (secondary N) is 1. The first kappa shape index (κ1) is 29.5. The summed E-state index contributed by atoms with van der Waals surface area (Å²) in [6.45, 7) is 11.6. The van der Waals surface area contributed by atoms with Gasteiger partial charge in [-0.2, -0.15) is 0 Å². The SMILES string of the molecule is CCCCN(C)c1cc(N2CCC3(CC2)CN(c2cc(F)c(CN4CCC(C)(C)CC4)cc2F)CC(=O)N3)ncn1. The summed E-state index contributed by atoms with van der Waals surface area (Å²) in [5.41, 5.74) is 0.341. The van der Waals surface area contributed by atoms with E-state index in [-0.39, 0.29) is 18.1 Å². The molecule has 1 N–H and O–H groups in total. The number of piperazine rings is 1. The average molecular weight is 570 g/mol. The van der Waals surface area contributed by atoms with Crippen molar-refractivity contribution in [3.05, 3.63) is 41.7 Å². The molecule has 3 aliphatic rings. The molecule has 0 bridgehead atoms. The Labute approximate surface area is 243 Å². The lowest BCUT2D eigenvalue weighted by Gasteiger charge is -2.48. The maximum atomic E-state index is 15.5. The molecule has 3 aliphatic heterocycles. The van der Waals surface area contributed by atoms with Gasteiger partial charge in [-0.05, 0) is 56.7 Å². The van der Waals surface area contributed by atoms with Gasteiger partial charge in [-0.1, -0.05) is 27.2 Å². The van der Waals surface area contributed by atoms with Crippen LogP contribution in [0.15, 0.2) is 24.5 Å². The number of aromatic nitrogens is 2. The predicted octanol–water partition coefficient (Wildman–Crippen LogP) is 4.59. The van der Waals surface area contributed by atoms with Crippen LogP contribution in [0.1, 0.15) is 64.9 Å². The van der Waals surface area contributed by atoms with Crippen LogP contribution in [-0.4, -0.2) is 79.2 Å². The molecule has 1 spiro atoms. The van der Waals surface area contributed by atoms with E-state index in [1.165, 1.54) is 12.1 Å². The minimum absolute atomic E-state index is 0.0156. The summed E-state index contributed by atoms with van der Waals surface area (Å²) >= 11 is 0. The summed E-state index contributed by atoms with van der Waals surface area (Å²) in [5, 5.41) is 3.19. The highest BCUT2D eigenvalue weighted by molar-refractivity contribution is 5.84. The Morgan fingerprint density at radius 1 is 0.976 bits per heavy atom. The van der Waals surface area contributed by atoms with Crippen LogP contribution in [0.4, 0.5) is 26.1 Å². The highest BCUT2D eigenvalue weighted by Gasteiger charge is 2.42. The Morgan fingerprint density at radius 2 is 1.71 bits per heavy atom. The molecular formula is C31H45F2N7O. The second-order valence-corrected chi connectivity index (χ2v) is 13.0. The van der Waals surface area contributed by atoms with Gasteiger partial charge in [0.25, 0.3) is 0 Å². The summed E-state index contributed by atoms with van der Waals surface area (Å²) in [4.78, 5) is 30.1. The number of hydrogen-bond donors (Lipinski definition) is 1. The molecule has 2 aromatic rings. The number of halogens is 2. The molecule has 3 saturated heterocycles. The average Bonchev–Trinajstić information content (AvgIpc) is 2.94. The fourth-order valence-electron chi connectivity index (χ4n) is 6.31. The van der Waals surface area contributed by atoms with Crippen molar-refractivity contribution in [3.8, 4) is 0 Å². The Bertz CT molecular complexity index is 1220. The van der Waals surface area contributed by atoms with Crippen molar-refractivity contribution < 1.29 is 13.6 Å². The quantitative estimate of drug-likeness (QED) is 0.499. The second kappa shape index (κ2) is 12.1. The van der Waals surface area contributed by atoms with E-state index < -0.39 is 17.2 Å². The van der Waals surface area contributed by atoms with Gasteiger partial charge in [0.15, 0.2) is 0 Å². The molecule has 1 aromatic carbocycles. The summed E-state index contributed by atoms with van der Waals surface area (Å²) in [6, 6.07) is 4.64. The molecule has 224 valence electrons. The Kier molecular flexibility index (Phi) is 8.68. The molecule has 10 heteroatoms. The lowest BCUT2D eigenvalue weighted by atomic mass is 9.82. The molecular weight excluding hydrogens is 524 g/mol. The van der Waals surface area contributed by atoms with Gasteiger partial charge in [-0.15, -0.1) is 0 Å². The van der Waals surface area contributed by atoms with Gasteiger partial charge in [0.1, 0.15) is 29.6 Å². The number of unbranched alkanes of at least 4 members (excludes halogenated alkanes) is 1. The maximum Gasteiger partial charge on any atom is 0.240 e. The van der Waals surface area contributed by atoms with Gasteiger partial charge in [0.2, 0.25) is 5.91 Å². The van der Waals surface area contributed by atoms with Gasteiger partial charge in [-0.25, -0.2) is 18.7 Å². The minimum atomic E-state index is -0.498. The number of anilines is 3. The van der Waals surface area contributed by atoms with E-state index in [9.17, 15) is 4.79 Å². The zero-order valence-electron chi connectivity index (χ0n) is 25.1. The van der Waals surface area contributed by atoms with Crippen LogP contribution < -0.4 is 20.0 Å². The van der Waals surface area contributed by atoms with Gasteiger partial charge in [0.05, 0.1) is 17.8 Å². The number of rotatable bonds is 8. The number of amides is 1. The fraction of sp³-hybridized carbons (Fsp3) is 0.645. The monoisotopic (exact) mass is 569 g/mol. The summed E-state index contributed by atoms with van der Waals surface area (Å²) in [7, 11) is 2.04. The number of benzene rings is 1. The smallest absolute Gasteiger partial charge is 0.240 e. The fourth-order valence-corrected chi connectivity index (χ4v) is 6.31. The largest absolute Gasteiger partial charge is 0.360 e. The van der Waals surface area contributed by atoms with E-state index in [1.54, 1.807) is 11.2 Å². The number of carbonyl (C=O) groups excluding carboxylic acids is 1. The Hall–Kier alpha value is -3.01. The third-order valence-electron chi connectivity index (χ3n) is 9.21. The van der Waals surface area contributed by atoms with Crippen molar-refractivity contribution in [3.63, 3.8) is 0 Å². The molecule has 3 fully saturated rings. The molecule has 0 saturated carbocycles. The molecule has 0 aliphatic carbocycles. The lowest BCUT2D eigenvalue weighted by molar-refractivity contribution is -0.123. The lowest BCUT2D eigenvalue weighted by Crippen LogP contribution is -2.66. The number of hydrogen-bond acceptors (Lipinski definition) is 7. The standard InChI is InChI=1S/C31H45F2N7O/c1-5-6-11-37(4)27-18-28(35-22-34-27)39-14-9-31(10-15-39)21-40(20-29(41)36-31)26-17-24(32)23(16-25(26)33)19-38-12-7-30(2,3)8-13-38/h16-18,22H,5-15,19-21H2,1-4H3,(H,36,41). The third kappa shape index (κ3) is 6.90. The topological polar surface area (TPSA) is 67.8 Å². The maximum absolute atomic E-state index is 15.5. The molecule has 1 aromatic heterocycles. The van der Waals surface area contributed by atoms with Crippen molar-refractivity contribution in [2.24, 2.45) is 5.41 Å². The first-order chi connectivity index (χ1) is 19.6. The number of likely N-dealkylation sites (tertiary alicyclic amines) is 1. The zero-order valence-corrected chi connectivity index (χ0v) is 25.1. The summed E-state index contributed by atoms with van der Waals surface area (Å²) in [5.74, 6) is 0.719. The van der Waals surface area contributed by atoms with Crippen molar-refractivity contribution in [1.82, 2.24) is 20.2 Å².